The molecule has 0 radical (unpaired) electrons. The second kappa shape index (κ2) is 11.7. The van der Waals surface area contributed by atoms with Crippen molar-refractivity contribution in [2.75, 3.05) is 19.7 Å². The molecule has 6 heterocycles. The zero-order valence-corrected chi connectivity index (χ0v) is 25.2. The topological polar surface area (TPSA) is 83.3 Å². The molecule has 42 heavy (non-hydrogen) atoms. The van der Waals surface area contributed by atoms with Crippen LogP contribution in [0.25, 0.3) is 22.2 Å². The molecule has 0 aliphatic carbocycles. The molecule has 8 nitrogen and oxygen atoms in total. The van der Waals surface area contributed by atoms with Gasteiger partial charge in [-0.3, -0.25) is 9.97 Å². The van der Waals surface area contributed by atoms with Gasteiger partial charge in [-0.1, -0.05) is 23.2 Å². The van der Waals surface area contributed by atoms with E-state index in [4.69, 9.17) is 47.5 Å². The van der Waals surface area contributed by atoms with Gasteiger partial charge in [0.25, 0.3) is 0 Å². The molecular formula is C32H35Cl2N5O3. The summed E-state index contributed by atoms with van der Waals surface area (Å²) in [6.45, 7) is 4.71. The second-order valence-corrected chi connectivity index (χ2v) is 12.4. The number of piperidine rings is 1. The van der Waals surface area contributed by atoms with Gasteiger partial charge < -0.3 is 19.5 Å². The Kier molecular flexibility index (Phi) is 7.84. The maximum absolute atomic E-state index is 6.60. The van der Waals surface area contributed by atoms with Crippen molar-refractivity contribution in [1.82, 2.24) is 25.1 Å². The van der Waals surface area contributed by atoms with Crippen molar-refractivity contribution in [2.45, 2.75) is 75.9 Å². The Morgan fingerprint density at radius 1 is 1.02 bits per heavy atom. The minimum Gasteiger partial charge on any atom is -0.486 e. The first kappa shape index (κ1) is 28.0. The van der Waals surface area contributed by atoms with Crippen molar-refractivity contribution >= 4 is 34.1 Å². The molecule has 3 aromatic heterocycles. The highest BCUT2D eigenvalue weighted by molar-refractivity contribution is 6.35. The Labute approximate surface area is 255 Å². The molecule has 0 saturated carbocycles. The lowest BCUT2D eigenvalue weighted by Crippen LogP contribution is -2.41. The molecule has 1 aromatic carbocycles. The molecule has 3 saturated heterocycles. The molecule has 1 spiro atoms. The van der Waals surface area contributed by atoms with Gasteiger partial charge in [0.2, 0.25) is 0 Å². The molecule has 1 N–H and O–H groups in total. The number of benzene rings is 1. The van der Waals surface area contributed by atoms with E-state index in [0.717, 1.165) is 92.5 Å². The Balaban J connectivity index is 1.20. The molecule has 220 valence electrons. The number of pyridine rings is 2. The molecule has 0 amide bonds. The van der Waals surface area contributed by atoms with Crippen molar-refractivity contribution in [1.29, 1.82) is 0 Å². The first-order valence-electron chi connectivity index (χ1n) is 14.9. The lowest BCUT2D eigenvalue weighted by atomic mass is 9.89. The normalized spacial score (nSPS) is 22.9. The Hall–Kier alpha value is -2.75. The molecule has 7 rings (SSSR count). The lowest BCUT2D eigenvalue weighted by molar-refractivity contribution is -0.0619. The number of nitrogens with one attached hydrogen (secondary N) is 1. The number of hydrogen-bond donors (Lipinski definition) is 1. The van der Waals surface area contributed by atoms with Crippen LogP contribution in [0.1, 0.15) is 81.6 Å². The minimum absolute atomic E-state index is 0.00347. The first-order valence-corrected chi connectivity index (χ1v) is 15.7. The summed E-state index contributed by atoms with van der Waals surface area (Å²) in [5.41, 5.74) is 4.48. The highest BCUT2D eigenvalue weighted by atomic mass is 35.5. The predicted molar refractivity (Wildman–Crippen MR) is 163 cm³/mol. The molecule has 4 aromatic rings. The monoisotopic (exact) mass is 607 g/mol. The SMILES string of the molecule is C[C@@H](Oc1ccc2c(c1)c(-c1ccc(C3CCC4(CCNCC4)O3)nc1)nn2C1CCCCO1)c1c(Cl)cncc1Cl. The highest BCUT2D eigenvalue weighted by Crippen LogP contribution is 2.44. The van der Waals surface area contributed by atoms with Crippen molar-refractivity contribution in [3.63, 3.8) is 0 Å². The Morgan fingerprint density at radius 2 is 1.86 bits per heavy atom. The van der Waals surface area contributed by atoms with E-state index in [0.29, 0.717) is 21.4 Å². The molecule has 10 heteroatoms. The summed E-state index contributed by atoms with van der Waals surface area (Å²) < 4.78 is 21.1. The maximum Gasteiger partial charge on any atom is 0.150 e. The first-order chi connectivity index (χ1) is 20.5. The number of hydrogen-bond acceptors (Lipinski definition) is 7. The number of halogens is 2. The van der Waals surface area contributed by atoms with E-state index in [1.165, 1.54) is 0 Å². The number of rotatable bonds is 6. The third-order valence-electron chi connectivity index (χ3n) is 8.87. The Bertz CT molecular complexity index is 1540. The van der Waals surface area contributed by atoms with Gasteiger partial charge in [0.15, 0.2) is 6.23 Å². The smallest absolute Gasteiger partial charge is 0.150 e. The maximum atomic E-state index is 6.60. The van der Waals surface area contributed by atoms with E-state index < -0.39 is 0 Å². The Morgan fingerprint density at radius 3 is 2.60 bits per heavy atom. The van der Waals surface area contributed by atoms with Crippen LogP contribution in [-0.4, -0.2) is 45.0 Å². The fraction of sp³-hybridized carbons (Fsp3) is 0.469. The largest absolute Gasteiger partial charge is 0.486 e. The molecule has 3 atom stereocenters. The molecule has 3 aliphatic rings. The van der Waals surface area contributed by atoms with E-state index in [1.807, 2.05) is 36.0 Å². The summed E-state index contributed by atoms with van der Waals surface area (Å²) in [5, 5.41) is 10.5. The molecular weight excluding hydrogens is 573 g/mol. The summed E-state index contributed by atoms with van der Waals surface area (Å²) >= 11 is 12.8. The van der Waals surface area contributed by atoms with Crippen LogP contribution < -0.4 is 10.1 Å². The fourth-order valence-corrected chi connectivity index (χ4v) is 7.30. The van der Waals surface area contributed by atoms with Gasteiger partial charge >= 0.3 is 0 Å². The fourth-order valence-electron chi connectivity index (χ4n) is 6.62. The zero-order chi connectivity index (χ0) is 28.7. The van der Waals surface area contributed by atoms with Crippen LogP contribution in [0, 0.1) is 0 Å². The average molecular weight is 609 g/mol. The van der Waals surface area contributed by atoms with Crippen LogP contribution in [0.4, 0.5) is 0 Å². The third kappa shape index (κ3) is 5.40. The number of aromatic nitrogens is 4. The van der Waals surface area contributed by atoms with E-state index >= 15 is 0 Å². The van der Waals surface area contributed by atoms with Crippen molar-refractivity contribution in [3.05, 3.63) is 70.2 Å². The van der Waals surface area contributed by atoms with Crippen LogP contribution in [0.5, 0.6) is 5.75 Å². The van der Waals surface area contributed by atoms with E-state index in [1.54, 1.807) is 12.4 Å². The van der Waals surface area contributed by atoms with Gasteiger partial charge in [-0.25, -0.2) is 4.68 Å². The van der Waals surface area contributed by atoms with Gasteiger partial charge in [-0.05, 0) is 95.3 Å². The van der Waals surface area contributed by atoms with E-state index in [2.05, 4.69) is 22.4 Å². The van der Waals surface area contributed by atoms with Crippen molar-refractivity contribution in [3.8, 4) is 17.0 Å². The molecule has 3 aliphatic heterocycles. The quantitative estimate of drug-likeness (QED) is 0.241. The van der Waals surface area contributed by atoms with Gasteiger partial charge in [0, 0.05) is 41.7 Å². The summed E-state index contributed by atoms with van der Waals surface area (Å²) in [4.78, 5) is 8.95. The predicted octanol–water partition coefficient (Wildman–Crippen LogP) is 7.61. The van der Waals surface area contributed by atoms with E-state index in [-0.39, 0.29) is 24.0 Å². The summed E-state index contributed by atoms with van der Waals surface area (Å²) in [5.74, 6) is 0.695. The highest BCUT2D eigenvalue weighted by Gasteiger charge is 2.41. The molecule has 0 bridgehead atoms. The summed E-state index contributed by atoms with van der Waals surface area (Å²) in [7, 11) is 0. The van der Waals surface area contributed by atoms with Crippen LogP contribution in [0.2, 0.25) is 10.0 Å². The lowest BCUT2D eigenvalue weighted by Gasteiger charge is -2.33. The van der Waals surface area contributed by atoms with Crippen molar-refractivity contribution < 1.29 is 14.2 Å². The van der Waals surface area contributed by atoms with Gasteiger partial charge in [0.05, 0.1) is 26.9 Å². The van der Waals surface area contributed by atoms with Crippen LogP contribution in [0.15, 0.2) is 48.9 Å². The third-order valence-corrected chi connectivity index (χ3v) is 9.48. The van der Waals surface area contributed by atoms with Crippen LogP contribution in [0.3, 0.4) is 0 Å². The number of nitrogens with zero attached hydrogens (tertiary/aromatic N) is 4. The van der Waals surface area contributed by atoms with Gasteiger partial charge in [0.1, 0.15) is 23.7 Å². The second-order valence-electron chi connectivity index (χ2n) is 11.6. The average Bonchev–Trinajstić information content (AvgIpc) is 3.59. The number of fused-ring (bicyclic) bond motifs is 1. The van der Waals surface area contributed by atoms with Crippen LogP contribution in [-0.2, 0) is 9.47 Å². The summed E-state index contributed by atoms with van der Waals surface area (Å²) in [6.07, 6.45) is 12.0. The standard InChI is InChI=1S/C32H35Cl2N5O3/c1-20(30-24(33)18-36-19-25(30)34)41-22-6-8-27-23(16-22)31(38-39(27)29-4-2-3-15-40-29)21-5-7-26(37-17-21)28-9-10-32(42-28)11-13-35-14-12-32/h5-8,16-20,28-29,35H,2-4,9-15H2,1H3/t20-,28?,29?/m1/s1. The molecule has 2 unspecified atom stereocenters. The van der Waals surface area contributed by atoms with Gasteiger partial charge in [-0.2, -0.15) is 5.10 Å². The number of ether oxygens (including phenoxy) is 3. The zero-order valence-electron chi connectivity index (χ0n) is 23.7. The minimum atomic E-state index is -0.374. The van der Waals surface area contributed by atoms with Crippen LogP contribution >= 0.6 is 23.2 Å². The van der Waals surface area contributed by atoms with E-state index in [9.17, 15) is 0 Å². The molecule has 3 fully saturated rings. The van der Waals surface area contributed by atoms with Gasteiger partial charge in [-0.15, -0.1) is 0 Å². The van der Waals surface area contributed by atoms with Crippen molar-refractivity contribution in [2.24, 2.45) is 0 Å². The summed E-state index contributed by atoms with van der Waals surface area (Å²) in [6, 6.07) is 10.2.